The van der Waals surface area contributed by atoms with Crippen molar-refractivity contribution in [3.05, 3.63) is 83.8 Å². The second-order valence-electron chi connectivity index (χ2n) is 9.60. The zero-order chi connectivity index (χ0) is 25.7. The van der Waals surface area contributed by atoms with Gasteiger partial charge in [-0.3, -0.25) is 9.59 Å². The van der Waals surface area contributed by atoms with Crippen molar-refractivity contribution in [1.82, 2.24) is 14.9 Å². The molecule has 0 bridgehead atoms. The third-order valence-electron chi connectivity index (χ3n) is 6.83. The van der Waals surface area contributed by atoms with Gasteiger partial charge in [-0.2, -0.15) is 0 Å². The highest BCUT2D eigenvalue weighted by atomic mass is 32.1. The molecule has 1 aliphatic carbocycles. The summed E-state index contributed by atoms with van der Waals surface area (Å²) in [5, 5.41) is 7.39. The molecule has 37 heavy (non-hydrogen) atoms. The molecule has 2 heterocycles. The number of benzene rings is 3. The largest absolute Gasteiger partial charge is 0.350 e. The first-order chi connectivity index (χ1) is 17.9. The van der Waals surface area contributed by atoms with Gasteiger partial charge in [-0.05, 0) is 72.9 Å². The molecule has 0 unspecified atom stereocenters. The van der Waals surface area contributed by atoms with E-state index in [0.29, 0.717) is 16.3 Å². The lowest BCUT2D eigenvalue weighted by Gasteiger charge is -2.14. The number of hydrogen-bond donors (Lipinski definition) is 2. The fourth-order valence-electron chi connectivity index (χ4n) is 4.60. The van der Waals surface area contributed by atoms with Gasteiger partial charge in [0.25, 0.3) is 5.91 Å². The van der Waals surface area contributed by atoms with E-state index in [1.807, 2.05) is 55.1 Å². The number of thiazole rings is 1. The van der Waals surface area contributed by atoms with Gasteiger partial charge in [0, 0.05) is 30.1 Å². The summed E-state index contributed by atoms with van der Waals surface area (Å²) < 4.78 is 16.6. The number of nitrogens with zero attached hydrogens (tertiary/aromatic N) is 2. The third kappa shape index (κ3) is 4.60. The van der Waals surface area contributed by atoms with Gasteiger partial charge in [0.15, 0.2) is 5.13 Å². The molecule has 6 nitrogen and oxygen atoms in total. The Labute approximate surface area is 217 Å². The minimum atomic E-state index is -0.343. The Balaban J connectivity index is 1.29. The molecule has 2 amide bonds. The van der Waals surface area contributed by atoms with Gasteiger partial charge < -0.3 is 15.2 Å². The summed E-state index contributed by atoms with van der Waals surface area (Å²) in [5.41, 5.74) is 5.03. The van der Waals surface area contributed by atoms with Crippen LogP contribution in [-0.4, -0.2) is 21.4 Å². The number of anilines is 1. The summed E-state index contributed by atoms with van der Waals surface area (Å²) >= 11 is 1.46. The molecule has 1 saturated carbocycles. The minimum absolute atomic E-state index is 0.0475. The summed E-state index contributed by atoms with van der Waals surface area (Å²) in [6.45, 7) is 1.84. The summed E-state index contributed by atoms with van der Waals surface area (Å²) in [7, 11) is 1.91. The number of amides is 2. The normalized spacial score (nSPS) is 14.1. The van der Waals surface area contributed by atoms with Gasteiger partial charge in [0.2, 0.25) is 5.91 Å². The van der Waals surface area contributed by atoms with E-state index < -0.39 is 0 Å². The summed E-state index contributed by atoms with van der Waals surface area (Å²) in [4.78, 5) is 29.9. The van der Waals surface area contributed by atoms with Crippen molar-refractivity contribution in [3.63, 3.8) is 0 Å². The number of rotatable bonds is 6. The van der Waals surface area contributed by atoms with Crippen LogP contribution in [0.3, 0.4) is 0 Å². The molecule has 0 spiro atoms. The van der Waals surface area contributed by atoms with E-state index in [-0.39, 0.29) is 29.6 Å². The quantitative estimate of drug-likeness (QED) is 0.275. The molecule has 2 aromatic heterocycles. The lowest BCUT2D eigenvalue weighted by molar-refractivity contribution is -0.117. The van der Waals surface area contributed by atoms with Gasteiger partial charge in [-0.1, -0.05) is 35.6 Å². The van der Waals surface area contributed by atoms with Crippen molar-refractivity contribution in [2.45, 2.75) is 25.8 Å². The van der Waals surface area contributed by atoms with Crippen LogP contribution in [0.5, 0.6) is 0 Å². The van der Waals surface area contributed by atoms with E-state index in [4.69, 9.17) is 0 Å². The van der Waals surface area contributed by atoms with E-state index in [2.05, 4.69) is 21.7 Å². The maximum Gasteiger partial charge on any atom is 0.253 e. The molecule has 2 N–H and O–H groups in total. The minimum Gasteiger partial charge on any atom is -0.350 e. The predicted octanol–water partition coefficient (Wildman–Crippen LogP) is 6.43. The number of aryl methyl sites for hydroxylation is 1. The Kier molecular flexibility index (Phi) is 5.76. The Morgan fingerprint density at radius 1 is 1.08 bits per heavy atom. The molecule has 0 saturated heterocycles. The van der Waals surface area contributed by atoms with E-state index in [9.17, 15) is 14.0 Å². The molecule has 0 aliphatic heterocycles. The zero-order valence-corrected chi connectivity index (χ0v) is 21.2. The number of hydrogen-bond acceptors (Lipinski definition) is 4. The Bertz CT molecular complexity index is 1680. The van der Waals surface area contributed by atoms with Crippen molar-refractivity contribution in [1.29, 1.82) is 0 Å². The molecule has 186 valence electrons. The van der Waals surface area contributed by atoms with Gasteiger partial charge in [-0.15, -0.1) is 0 Å². The standard InChI is InChI=1S/C29H25FN4O2S/c1-16(18-4-3-5-21(30)12-18)31-28(36)23-15-34(2)25-11-9-19(13-22(23)25)20-8-10-24-26(14-20)37-29(32-24)33-27(35)17-6-7-17/h3-5,8-17H,6-7H2,1-2H3,(H,31,36)(H,32,33,35)/t16-/m0/s1. The van der Waals surface area contributed by atoms with Gasteiger partial charge in [0.1, 0.15) is 5.82 Å². The van der Waals surface area contributed by atoms with Crippen LogP contribution in [0, 0.1) is 11.7 Å². The number of carbonyl (C=O) groups is 2. The van der Waals surface area contributed by atoms with Crippen LogP contribution in [0.25, 0.3) is 32.2 Å². The van der Waals surface area contributed by atoms with Gasteiger partial charge in [0.05, 0.1) is 21.8 Å². The topological polar surface area (TPSA) is 76.0 Å². The van der Waals surface area contributed by atoms with Crippen molar-refractivity contribution in [2.24, 2.45) is 13.0 Å². The number of fused-ring (bicyclic) bond motifs is 2. The first-order valence-corrected chi connectivity index (χ1v) is 13.0. The van der Waals surface area contributed by atoms with E-state index in [1.165, 1.54) is 23.5 Å². The Hall–Kier alpha value is -4.04. The molecular weight excluding hydrogens is 487 g/mol. The van der Waals surface area contributed by atoms with Gasteiger partial charge in [-0.25, -0.2) is 9.37 Å². The molecule has 0 radical (unpaired) electrons. The molecular formula is C29H25FN4O2S. The predicted molar refractivity (Wildman–Crippen MR) is 145 cm³/mol. The maximum atomic E-state index is 13.7. The number of aromatic nitrogens is 2. The zero-order valence-electron chi connectivity index (χ0n) is 20.4. The molecule has 1 atom stereocenters. The van der Waals surface area contributed by atoms with Crippen LogP contribution in [-0.2, 0) is 11.8 Å². The van der Waals surface area contributed by atoms with Gasteiger partial charge >= 0.3 is 0 Å². The molecule has 8 heteroatoms. The monoisotopic (exact) mass is 512 g/mol. The summed E-state index contributed by atoms with van der Waals surface area (Å²) in [6, 6.07) is 18.0. The summed E-state index contributed by atoms with van der Waals surface area (Å²) in [6.07, 6.45) is 3.72. The van der Waals surface area contributed by atoms with Crippen LogP contribution in [0.1, 0.15) is 41.7 Å². The maximum absolute atomic E-state index is 13.7. The fourth-order valence-corrected chi connectivity index (χ4v) is 5.50. The van der Waals surface area contributed by atoms with Crippen molar-refractivity contribution >= 4 is 49.4 Å². The van der Waals surface area contributed by atoms with E-state index in [1.54, 1.807) is 12.1 Å². The van der Waals surface area contributed by atoms with Crippen LogP contribution in [0.2, 0.25) is 0 Å². The van der Waals surface area contributed by atoms with Crippen LogP contribution in [0.4, 0.5) is 9.52 Å². The average molecular weight is 513 g/mol. The van der Waals surface area contributed by atoms with Crippen LogP contribution < -0.4 is 10.6 Å². The highest BCUT2D eigenvalue weighted by Gasteiger charge is 2.30. The first-order valence-electron chi connectivity index (χ1n) is 12.2. The Morgan fingerprint density at radius 2 is 1.86 bits per heavy atom. The highest BCUT2D eigenvalue weighted by Crippen LogP contribution is 2.35. The Morgan fingerprint density at radius 3 is 2.65 bits per heavy atom. The lowest BCUT2D eigenvalue weighted by atomic mass is 10.0. The molecule has 6 rings (SSSR count). The molecule has 1 aliphatic rings. The smallest absolute Gasteiger partial charge is 0.253 e. The number of carbonyl (C=O) groups excluding carboxylic acids is 2. The highest BCUT2D eigenvalue weighted by molar-refractivity contribution is 7.22. The van der Waals surface area contributed by atoms with Crippen LogP contribution in [0.15, 0.2) is 66.9 Å². The molecule has 1 fully saturated rings. The lowest BCUT2D eigenvalue weighted by Crippen LogP contribution is -2.26. The second-order valence-corrected chi connectivity index (χ2v) is 10.6. The van der Waals surface area contributed by atoms with E-state index in [0.717, 1.165) is 45.1 Å². The third-order valence-corrected chi connectivity index (χ3v) is 7.76. The number of nitrogens with one attached hydrogen (secondary N) is 2. The van der Waals surface area contributed by atoms with E-state index >= 15 is 0 Å². The van der Waals surface area contributed by atoms with Crippen LogP contribution >= 0.6 is 11.3 Å². The fraction of sp³-hybridized carbons (Fsp3) is 0.207. The second kappa shape index (κ2) is 9.12. The average Bonchev–Trinajstić information content (AvgIpc) is 3.59. The first kappa shape index (κ1) is 23.4. The van der Waals surface area contributed by atoms with Crippen molar-refractivity contribution < 1.29 is 14.0 Å². The SMILES string of the molecule is C[C@H](NC(=O)c1cn(C)c2ccc(-c3ccc4nc(NC(=O)C5CC5)sc4c3)cc12)c1cccc(F)c1. The molecule has 5 aromatic rings. The van der Waals surface area contributed by atoms with Crippen molar-refractivity contribution in [2.75, 3.05) is 5.32 Å². The molecule has 3 aromatic carbocycles. The summed E-state index contributed by atoms with van der Waals surface area (Å²) in [5.74, 6) is -0.369. The number of halogens is 1. The van der Waals surface area contributed by atoms with Crippen molar-refractivity contribution in [3.8, 4) is 11.1 Å².